The van der Waals surface area contributed by atoms with Crippen LogP contribution in [-0.4, -0.2) is 33.7 Å². The first-order valence-electron chi connectivity index (χ1n) is 4.70. The normalized spacial score (nSPS) is 13.4. The van der Waals surface area contributed by atoms with Crippen molar-refractivity contribution >= 4 is 19.9 Å². The zero-order valence-corrected chi connectivity index (χ0v) is 11.2. The summed E-state index contributed by atoms with van der Waals surface area (Å²) < 4.78 is 46.9. The molecule has 6 nitrogen and oxygen atoms in total. The highest BCUT2D eigenvalue weighted by molar-refractivity contribution is 8.06. The molecule has 0 aromatic heterocycles. The minimum absolute atomic E-state index is 0.281. The van der Waals surface area contributed by atoms with Gasteiger partial charge in [-0.2, -0.15) is 9.98 Å². The van der Waals surface area contributed by atoms with Crippen molar-refractivity contribution in [1.29, 1.82) is 5.26 Å². The fraction of sp³-hybridized carbons (Fsp3) is 0.875. The molecular formula is C8H16N2O4S2. The van der Waals surface area contributed by atoms with E-state index in [4.69, 9.17) is 5.26 Å². The molecule has 0 amide bonds. The third-order valence-electron chi connectivity index (χ3n) is 2.14. The molecule has 94 valence electrons. The van der Waals surface area contributed by atoms with Crippen LogP contribution in [-0.2, 0) is 19.9 Å². The predicted molar refractivity (Wildman–Crippen MR) is 60.7 cm³/mol. The summed E-state index contributed by atoms with van der Waals surface area (Å²) in [6.07, 6.45) is 1.39. The molecule has 0 saturated carbocycles. The van der Waals surface area contributed by atoms with E-state index in [2.05, 4.69) is 4.72 Å². The van der Waals surface area contributed by atoms with Gasteiger partial charge in [-0.25, -0.2) is 16.8 Å². The number of rotatable bonds is 6. The molecule has 0 aliphatic rings. The van der Waals surface area contributed by atoms with E-state index in [-0.39, 0.29) is 12.8 Å². The average Bonchev–Trinajstić information content (AvgIpc) is 2.10. The molecule has 0 saturated heterocycles. The SMILES string of the molecule is CCC(C#N)(CC)NS(=O)(=O)CS(C)(=O)=O. The summed E-state index contributed by atoms with van der Waals surface area (Å²) in [5.41, 5.74) is -1.22. The third kappa shape index (κ3) is 4.92. The fourth-order valence-corrected chi connectivity index (χ4v) is 4.60. The first-order valence-corrected chi connectivity index (χ1v) is 8.41. The first-order chi connectivity index (χ1) is 7.10. The Kier molecular flexibility index (Phi) is 4.91. The van der Waals surface area contributed by atoms with E-state index in [1.54, 1.807) is 13.8 Å². The molecule has 0 heterocycles. The lowest BCUT2D eigenvalue weighted by Gasteiger charge is -2.24. The van der Waals surface area contributed by atoms with Crippen molar-refractivity contribution in [3.8, 4) is 6.07 Å². The minimum Gasteiger partial charge on any atom is -0.228 e. The second kappa shape index (κ2) is 5.12. The van der Waals surface area contributed by atoms with Crippen molar-refractivity contribution in [2.45, 2.75) is 32.2 Å². The van der Waals surface area contributed by atoms with Gasteiger partial charge in [-0.3, -0.25) is 0 Å². The van der Waals surface area contributed by atoms with Gasteiger partial charge in [0.25, 0.3) is 0 Å². The summed E-state index contributed by atoms with van der Waals surface area (Å²) in [5.74, 6) is 0. The van der Waals surface area contributed by atoms with E-state index in [0.29, 0.717) is 0 Å². The van der Waals surface area contributed by atoms with Crippen LogP contribution in [0.2, 0.25) is 0 Å². The Hall–Kier alpha value is -0.650. The number of sulfone groups is 1. The smallest absolute Gasteiger partial charge is 0.227 e. The molecule has 8 heteroatoms. The molecule has 0 radical (unpaired) electrons. The standard InChI is InChI=1S/C8H16N2O4S2/c1-4-8(5-2,6-9)10-16(13,14)7-15(3,11)12/h10H,4-5,7H2,1-3H3. The number of sulfonamides is 1. The molecule has 16 heavy (non-hydrogen) atoms. The molecule has 0 aromatic rings. The minimum atomic E-state index is -3.99. The van der Waals surface area contributed by atoms with Crippen LogP contribution in [0.3, 0.4) is 0 Å². The van der Waals surface area contributed by atoms with Crippen molar-refractivity contribution in [3.05, 3.63) is 0 Å². The maximum Gasteiger partial charge on any atom is 0.227 e. The molecular weight excluding hydrogens is 252 g/mol. The van der Waals surface area contributed by atoms with Gasteiger partial charge in [0.1, 0.15) is 5.54 Å². The number of nitrogens with one attached hydrogen (secondary N) is 1. The van der Waals surface area contributed by atoms with Crippen molar-refractivity contribution in [2.24, 2.45) is 0 Å². The molecule has 0 aliphatic heterocycles. The number of hydrogen-bond donors (Lipinski definition) is 1. The van der Waals surface area contributed by atoms with E-state index >= 15 is 0 Å². The van der Waals surface area contributed by atoms with Crippen molar-refractivity contribution in [1.82, 2.24) is 4.72 Å². The summed E-state index contributed by atoms with van der Waals surface area (Å²) in [7, 11) is -7.63. The van der Waals surface area contributed by atoms with Crippen LogP contribution in [0.4, 0.5) is 0 Å². The van der Waals surface area contributed by atoms with Crippen molar-refractivity contribution in [2.75, 3.05) is 11.3 Å². The van der Waals surface area contributed by atoms with Crippen LogP contribution < -0.4 is 4.72 Å². The summed E-state index contributed by atoms with van der Waals surface area (Å²) >= 11 is 0. The van der Waals surface area contributed by atoms with Gasteiger partial charge < -0.3 is 0 Å². The lowest BCUT2D eigenvalue weighted by atomic mass is 9.97. The number of nitrogens with zero attached hydrogens (tertiary/aromatic N) is 1. The molecule has 0 bridgehead atoms. The van der Waals surface area contributed by atoms with E-state index < -0.39 is 30.5 Å². The van der Waals surface area contributed by atoms with Gasteiger partial charge in [0.05, 0.1) is 6.07 Å². The Morgan fingerprint density at radius 2 is 1.62 bits per heavy atom. The summed E-state index contributed by atoms with van der Waals surface area (Å²) in [5, 5.41) is 7.92. The topological polar surface area (TPSA) is 104 Å². The van der Waals surface area contributed by atoms with Gasteiger partial charge in [0, 0.05) is 6.26 Å². The fourth-order valence-electron chi connectivity index (χ4n) is 1.18. The molecule has 0 aliphatic carbocycles. The highest BCUT2D eigenvalue weighted by Gasteiger charge is 2.32. The van der Waals surface area contributed by atoms with Gasteiger partial charge in [-0.05, 0) is 12.8 Å². The van der Waals surface area contributed by atoms with Crippen LogP contribution >= 0.6 is 0 Å². The van der Waals surface area contributed by atoms with Crippen LogP contribution in [0.15, 0.2) is 0 Å². The Balaban J connectivity index is 5.05. The summed E-state index contributed by atoms with van der Waals surface area (Å²) in [6.45, 7) is 3.32. The lowest BCUT2D eigenvalue weighted by molar-refractivity contribution is 0.448. The second-order valence-electron chi connectivity index (χ2n) is 3.66. The highest BCUT2D eigenvalue weighted by atomic mass is 32.3. The molecule has 0 spiro atoms. The summed E-state index contributed by atoms with van der Waals surface area (Å²) in [4.78, 5) is 0. The molecule has 0 atom stereocenters. The van der Waals surface area contributed by atoms with E-state index in [1.807, 2.05) is 6.07 Å². The first kappa shape index (κ1) is 15.3. The Morgan fingerprint density at radius 1 is 1.19 bits per heavy atom. The molecule has 0 rings (SSSR count). The molecule has 0 unspecified atom stereocenters. The van der Waals surface area contributed by atoms with Crippen LogP contribution in [0.5, 0.6) is 0 Å². The lowest BCUT2D eigenvalue weighted by Crippen LogP contribution is -2.47. The molecule has 0 aromatic carbocycles. The van der Waals surface area contributed by atoms with Crippen molar-refractivity contribution < 1.29 is 16.8 Å². The van der Waals surface area contributed by atoms with Crippen LogP contribution in [0, 0.1) is 11.3 Å². The Labute approximate surface area is 96.6 Å². The monoisotopic (exact) mass is 268 g/mol. The largest absolute Gasteiger partial charge is 0.228 e. The predicted octanol–water partition coefficient (Wildman–Crippen LogP) is -0.00972. The van der Waals surface area contributed by atoms with Crippen LogP contribution in [0.25, 0.3) is 0 Å². The zero-order chi connectivity index (χ0) is 13.0. The van der Waals surface area contributed by atoms with Gasteiger partial charge in [-0.1, -0.05) is 13.8 Å². The van der Waals surface area contributed by atoms with Gasteiger partial charge in [0.15, 0.2) is 14.9 Å². The summed E-state index contributed by atoms with van der Waals surface area (Å²) in [6, 6.07) is 1.87. The van der Waals surface area contributed by atoms with Gasteiger partial charge in [-0.15, -0.1) is 0 Å². The maximum absolute atomic E-state index is 11.5. The zero-order valence-electron chi connectivity index (χ0n) is 9.52. The molecule has 1 N–H and O–H groups in total. The Bertz CT molecular complexity index is 469. The average molecular weight is 268 g/mol. The highest BCUT2D eigenvalue weighted by Crippen LogP contribution is 2.15. The van der Waals surface area contributed by atoms with Gasteiger partial charge in [0.2, 0.25) is 10.0 Å². The van der Waals surface area contributed by atoms with E-state index in [1.165, 1.54) is 0 Å². The number of nitriles is 1. The second-order valence-corrected chi connectivity index (χ2v) is 7.89. The van der Waals surface area contributed by atoms with E-state index in [0.717, 1.165) is 6.26 Å². The maximum atomic E-state index is 11.5. The number of hydrogen-bond acceptors (Lipinski definition) is 5. The quantitative estimate of drug-likeness (QED) is 0.729. The third-order valence-corrected chi connectivity index (χ3v) is 5.80. The van der Waals surface area contributed by atoms with Crippen LogP contribution in [0.1, 0.15) is 26.7 Å². The van der Waals surface area contributed by atoms with E-state index in [9.17, 15) is 16.8 Å². The Morgan fingerprint density at radius 3 is 1.88 bits per heavy atom. The van der Waals surface area contributed by atoms with Gasteiger partial charge >= 0.3 is 0 Å². The molecule has 0 fully saturated rings. The van der Waals surface area contributed by atoms with Crippen molar-refractivity contribution in [3.63, 3.8) is 0 Å².